The van der Waals surface area contributed by atoms with Crippen molar-refractivity contribution in [1.82, 2.24) is 20.3 Å². The summed E-state index contributed by atoms with van der Waals surface area (Å²) in [5.41, 5.74) is 2.84. The first kappa shape index (κ1) is 36.8. The number of hydrogen-bond acceptors (Lipinski definition) is 9. The molecule has 2 amide bonds. The summed E-state index contributed by atoms with van der Waals surface area (Å²) in [6.45, 7) is 8.68. The fraction of sp³-hybridized carbons (Fsp3) is 0.450. The smallest absolute Gasteiger partial charge is 0.264 e. The van der Waals surface area contributed by atoms with Crippen LogP contribution in [0.3, 0.4) is 0 Å². The van der Waals surface area contributed by atoms with E-state index in [-0.39, 0.29) is 42.0 Å². The summed E-state index contributed by atoms with van der Waals surface area (Å²) in [6.07, 6.45) is 4.51. The van der Waals surface area contributed by atoms with Crippen LogP contribution in [-0.2, 0) is 39.4 Å². The number of ether oxygens (including phenoxy) is 3. The van der Waals surface area contributed by atoms with E-state index in [2.05, 4.69) is 53.1 Å². The molecule has 53 heavy (non-hydrogen) atoms. The van der Waals surface area contributed by atoms with Crippen molar-refractivity contribution in [3.8, 4) is 11.5 Å². The number of fused-ring (bicyclic) bond motifs is 2. The highest BCUT2D eigenvalue weighted by Gasteiger charge is 2.66. The number of rotatable bonds is 13. The zero-order valence-corrected chi connectivity index (χ0v) is 32.2. The number of benzene rings is 3. The molecule has 12 nitrogen and oxygen atoms in total. The lowest BCUT2D eigenvalue weighted by Crippen LogP contribution is -2.51. The second kappa shape index (κ2) is 15.1. The van der Waals surface area contributed by atoms with Gasteiger partial charge in [0.2, 0.25) is 5.91 Å². The molecule has 4 aromatic rings. The molecule has 3 N–H and O–H groups in total. The minimum Gasteiger partial charge on any atom is -0.497 e. The Morgan fingerprint density at radius 1 is 1.08 bits per heavy atom. The summed E-state index contributed by atoms with van der Waals surface area (Å²) >= 11 is 0. The van der Waals surface area contributed by atoms with Crippen molar-refractivity contribution in [3.63, 3.8) is 0 Å². The maximum Gasteiger partial charge on any atom is 0.264 e. The van der Waals surface area contributed by atoms with Crippen molar-refractivity contribution < 1.29 is 28.9 Å². The molecule has 1 aromatic heterocycles. The lowest BCUT2D eigenvalue weighted by molar-refractivity contribution is -0.146. The first-order valence-electron chi connectivity index (χ1n) is 18.5. The molecule has 2 fully saturated rings. The SMILES string of the molecule is COc1ccc([Si](C)(C)[C@H]2[C@H](CCn3cc(CCO)nn3)O[C@@]3(C(=O)N(Cc4ccc(NC(=O)[C@H]5CCCN5)cc4)c4ccc(OC)cc43)[C@@H]2C)cc1. The highest BCUT2D eigenvalue weighted by molar-refractivity contribution is 6.91. The molecule has 13 heteroatoms. The topological polar surface area (TPSA) is 140 Å². The number of aromatic nitrogens is 3. The second-order valence-corrected chi connectivity index (χ2v) is 19.7. The van der Waals surface area contributed by atoms with Crippen LogP contribution >= 0.6 is 0 Å². The number of nitrogens with one attached hydrogen (secondary N) is 2. The summed E-state index contributed by atoms with van der Waals surface area (Å²) in [5, 5.41) is 25.5. The molecule has 0 aliphatic carbocycles. The predicted molar refractivity (Wildman–Crippen MR) is 205 cm³/mol. The zero-order valence-electron chi connectivity index (χ0n) is 31.2. The van der Waals surface area contributed by atoms with Gasteiger partial charge in [-0.3, -0.25) is 14.3 Å². The first-order chi connectivity index (χ1) is 25.6. The van der Waals surface area contributed by atoms with Crippen molar-refractivity contribution in [2.24, 2.45) is 5.92 Å². The third-order valence-corrected chi connectivity index (χ3v) is 15.9. The van der Waals surface area contributed by atoms with Gasteiger partial charge in [-0.2, -0.15) is 0 Å². The molecule has 2 saturated heterocycles. The maximum atomic E-state index is 15.2. The molecule has 3 aromatic carbocycles. The number of aliphatic hydroxyl groups excluding tert-OH is 1. The largest absolute Gasteiger partial charge is 0.497 e. The van der Waals surface area contributed by atoms with Crippen molar-refractivity contribution in [2.75, 3.05) is 37.6 Å². The van der Waals surface area contributed by atoms with Gasteiger partial charge < -0.3 is 34.9 Å². The van der Waals surface area contributed by atoms with E-state index in [0.717, 1.165) is 53.3 Å². The van der Waals surface area contributed by atoms with E-state index in [9.17, 15) is 9.90 Å². The van der Waals surface area contributed by atoms with E-state index in [1.807, 2.05) is 65.7 Å². The van der Waals surface area contributed by atoms with Crippen LogP contribution in [0.5, 0.6) is 11.5 Å². The Morgan fingerprint density at radius 2 is 1.81 bits per heavy atom. The van der Waals surface area contributed by atoms with Gasteiger partial charge in [0.1, 0.15) is 11.5 Å². The minimum atomic E-state index is -2.35. The number of nitrogens with zero attached hydrogens (tertiary/aromatic N) is 4. The average Bonchev–Trinajstić information content (AvgIpc) is 3.97. The fourth-order valence-corrected chi connectivity index (χ4v) is 12.9. The van der Waals surface area contributed by atoms with E-state index < -0.39 is 13.7 Å². The molecule has 3 aliphatic heterocycles. The Hall–Kier alpha value is -4.56. The number of anilines is 2. The summed E-state index contributed by atoms with van der Waals surface area (Å²) in [5.74, 6) is 1.17. The van der Waals surface area contributed by atoms with Crippen LogP contribution < -0.4 is 30.2 Å². The van der Waals surface area contributed by atoms with Crippen LogP contribution in [0.1, 0.15) is 43.0 Å². The van der Waals surface area contributed by atoms with Crippen LogP contribution in [0.4, 0.5) is 11.4 Å². The van der Waals surface area contributed by atoms with Crippen molar-refractivity contribution in [1.29, 1.82) is 0 Å². The predicted octanol–water partition coefficient (Wildman–Crippen LogP) is 4.37. The van der Waals surface area contributed by atoms with Gasteiger partial charge in [0.05, 0.1) is 52.4 Å². The van der Waals surface area contributed by atoms with E-state index in [4.69, 9.17) is 14.2 Å². The van der Waals surface area contributed by atoms with Gasteiger partial charge >= 0.3 is 0 Å². The average molecular weight is 739 g/mol. The fourth-order valence-electron chi connectivity index (χ4n) is 8.80. The number of aryl methyl sites for hydroxylation is 1. The van der Waals surface area contributed by atoms with Crippen LogP contribution in [0, 0.1) is 5.92 Å². The molecule has 0 unspecified atom stereocenters. The standard InChI is InChI=1S/C40H50N6O6Si/c1-26-37(53(4,5)32-15-12-30(50-2)13-16-32)36(18-21-45-25-29(19-22-47)43-44-45)52-40(26)33-23-31(51-3)14-17-35(33)46(39(40)49)24-27-8-10-28(11-9-27)42-38(48)34-7-6-20-41-34/h8-17,23,25-26,34,36-37,41,47H,6-7,18-22,24H2,1-5H3,(H,42,48)/t26-,34-,36+,37-,40+/m1/s1. The monoisotopic (exact) mass is 738 g/mol. The van der Waals surface area contributed by atoms with Crippen LogP contribution in [-0.4, -0.2) is 79.5 Å². The molecule has 0 saturated carbocycles. The van der Waals surface area contributed by atoms with Gasteiger partial charge in [-0.05, 0) is 79.4 Å². The number of amides is 2. The Kier molecular flexibility index (Phi) is 10.4. The third kappa shape index (κ3) is 6.87. The van der Waals surface area contributed by atoms with E-state index in [1.54, 1.807) is 18.9 Å². The first-order valence-corrected chi connectivity index (χ1v) is 21.6. The third-order valence-electron chi connectivity index (χ3n) is 11.6. The number of methoxy groups -OCH3 is 2. The molecule has 7 rings (SSSR count). The van der Waals surface area contributed by atoms with Gasteiger partial charge in [-0.25, -0.2) is 0 Å². The minimum absolute atomic E-state index is 0.00845. The molecule has 280 valence electrons. The van der Waals surface area contributed by atoms with Gasteiger partial charge in [0.15, 0.2) is 5.60 Å². The summed E-state index contributed by atoms with van der Waals surface area (Å²) in [4.78, 5) is 29.8. The molecule has 0 bridgehead atoms. The number of hydrogen-bond donors (Lipinski definition) is 3. The molecule has 0 radical (unpaired) electrons. The van der Waals surface area contributed by atoms with Gasteiger partial charge in [-0.15, -0.1) is 5.10 Å². The van der Waals surface area contributed by atoms with Crippen LogP contribution in [0.2, 0.25) is 18.6 Å². The van der Waals surface area contributed by atoms with Gasteiger partial charge in [0.25, 0.3) is 5.91 Å². The Bertz CT molecular complexity index is 1930. The lowest BCUT2D eigenvalue weighted by atomic mass is 9.82. The normalized spacial score (nSPS) is 23.8. The van der Waals surface area contributed by atoms with E-state index in [1.165, 1.54) is 5.19 Å². The van der Waals surface area contributed by atoms with Crippen LogP contribution in [0.15, 0.2) is 72.9 Å². The summed E-state index contributed by atoms with van der Waals surface area (Å²) in [6, 6.07) is 21.7. The quantitative estimate of drug-likeness (QED) is 0.171. The summed E-state index contributed by atoms with van der Waals surface area (Å²) < 4.78 is 20.3. The molecule has 4 heterocycles. The zero-order chi connectivity index (χ0) is 37.3. The molecule has 5 atom stereocenters. The maximum absolute atomic E-state index is 15.2. The Balaban J connectivity index is 1.22. The Labute approximate surface area is 311 Å². The van der Waals surface area contributed by atoms with Crippen molar-refractivity contribution in [2.45, 2.75) is 82.1 Å². The van der Waals surface area contributed by atoms with Crippen molar-refractivity contribution >= 4 is 36.4 Å². The molecule has 3 aliphatic rings. The van der Waals surface area contributed by atoms with E-state index in [0.29, 0.717) is 31.7 Å². The van der Waals surface area contributed by atoms with Gasteiger partial charge in [-0.1, -0.05) is 54.7 Å². The molecule has 1 spiro atoms. The highest BCUT2D eigenvalue weighted by Crippen LogP contribution is 2.60. The Morgan fingerprint density at radius 3 is 2.49 bits per heavy atom. The van der Waals surface area contributed by atoms with E-state index >= 15 is 4.79 Å². The highest BCUT2D eigenvalue weighted by atomic mass is 28.3. The second-order valence-electron chi connectivity index (χ2n) is 15.0. The lowest BCUT2D eigenvalue weighted by Gasteiger charge is -2.37. The number of carbonyl (C=O) groups is 2. The number of aliphatic hydroxyl groups is 1. The molecular formula is C40H50N6O6Si. The summed E-state index contributed by atoms with van der Waals surface area (Å²) in [7, 11) is 0.964. The van der Waals surface area contributed by atoms with Crippen molar-refractivity contribution in [3.05, 3.63) is 89.7 Å². The van der Waals surface area contributed by atoms with Gasteiger partial charge in [0, 0.05) is 42.9 Å². The number of carbonyl (C=O) groups excluding carboxylic acids is 2. The molecular weight excluding hydrogens is 689 g/mol. The van der Waals surface area contributed by atoms with Crippen LogP contribution in [0.25, 0.3) is 0 Å².